The number of allylic oxidation sites excluding steroid dienone is 1. The molecule has 2 aromatic rings. The molecule has 1 heterocycles. The average molecular weight is 243 g/mol. The molecule has 18 heavy (non-hydrogen) atoms. The van der Waals surface area contributed by atoms with E-state index in [-0.39, 0.29) is 0 Å². The summed E-state index contributed by atoms with van der Waals surface area (Å²) in [6.45, 7) is 4.47. The summed E-state index contributed by atoms with van der Waals surface area (Å²) in [5.74, 6) is 1.13. The van der Waals surface area contributed by atoms with Crippen LogP contribution in [0.25, 0.3) is 17.0 Å². The monoisotopic (exact) mass is 243 g/mol. The summed E-state index contributed by atoms with van der Waals surface area (Å²) in [5, 5.41) is 7.82. The molecule has 0 saturated heterocycles. The van der Waals surface area contributed by atoms with Crippen molar-refractivity contribution in [3.63, 3.8) is 0 Å². The molecule has 0 aliphatic carbocycles. The van der Waals surface area contributed by atoms with Gasteiger partial charge < -0.3 is 10.2 Å². The van der Waals surface area contributed by atoms with Crippen molar-refractivity contribution in [1.29, 1.82) is 0 Å². The van der Waals surface area contributed by atoms with E-state index in [1.165, 1.54) is 11.1 Å². The zero-order valence-electron chi connectivity index (χ0n) is 10.7. The van der Waals surface area contributed by atoms with Gasteiger partial charge in [-0.1, -0.05) is 25.1 Å². The van der Waals surface area contributed by atoms with Gasteiger partial charge >= 0.3 is 0 Å². The van der Waals surface area contributed by atoms with Gasteiger partial charge in [-0.3, -0.25) is 0 Å². The summed E-state index contributed by atoms with van der Waals surface area (Å²) >= 11 is 0. The van der Waals surface area contributed by atoms with Gasteiger partial charge in [0.1, 0.15) is 0 Å². The first-order valence-corrected chi connectivity index (χ1v) is 6.04. The summed E-state index contributed by atoms with van der Waals surface area (Å²) in [7, 11) is 0. The number of hydrogen-bond donors (Lipinski definition) is 1. The normalized spacial score (nSPS) is 11.8. The molecular weight excluding hydrogens is 226 g/mol. The third-order valence-corrected chi connectivity index (χ3v) is 2.77. The van der Waals surface area contributed by atoms with Crippen molar-refractivity contribution in [3.05, 3.63) is 41.8 Å². The van der Waals surface area contributed by atoms with Gasteiger partial charge in [-0.2, -0.15) is 0 Å². The van der Waals surface area contributed by atoms with Crippen LogP contribution in [-0.2, 0) is 0 Å². The minimum Gasteiger partial charge on any atom is -0.421 e. The number of rotatable bonds is 4. The van der Waals surface area contributed by atoms with Gasteiger partial charge in [0.05, 0.1) is 0 Å². The molecule has 2 N–H and O–H groups in total. The molecule has 0 aliphatic rings. The quantitative estimate of drug-likeness (QED) is 0.896. The summed E-state index contributed by atoms with van der Waals surface area (Å²) in [4.78, 5) is 0. The van der Waals surface area contributed by atoms with Gasteiger partial charge in [0.25, 0.3) is 0 Å². The predicted octanol–water partition coefficient (Wildman–Crippen LogP) is 2.80. The molecule has 0 saturated carbocycles. The van der Waals surface area contributed by atoms with Gasteiger partial charge in [-0.15, -0.1) is 10.2 Å². The first-order chi connectivity index (χ1) is 8.74. The van der Waals surface area contributed by atoms with E-state index in [2.05, 4.69) is 29.3 Å². The van der Waals surface area contributed by atoms with Gasteiger partial charge in [-0.25, -0.2) is 0 Å². The molecule has 0 fully saturated rings. The fraction of sp³-hybridized carbons (Fsp3) is 0.286. The third-order valence-electron chi connectivity index (χ3n) is 2.77. The van der Waals surface area contributed by atoms with E-state index in [0.717, 1.165) is 12.0 Å². The van der Waals surface area contributed by atoms with Crippen molar-refractivity contribution >= 4 is 5.57 Å². The highest BCUT2D eigenvalue weighted by atomic mass is 16.4. The van der Waals surface area contributed by atoms with Crippen LogP contribution in [0, 0.1) is 6.92 Å². The molecule has 0 aliphatic heterocycles. The van der Waals surface area contributed by atoms with Crippen molar-refractivity contribution in [1.82, 2.24) is 10.2 Å². The Morgan fingerprint density at radius 2 is 2.00 bits per heavy atom. The molecule has 2 rings (SSSR count). The number of benzene rings is 1. The van der Waals surface area contributed by atoms with Crippen molar-refractivity contribution in [2.75, 3.05) is 6.54 Å². The Morgan fingerprint density at radius 1 is 1.28 bits per heavy atom. The van der Waals surface area contributed by atoms with E-state index in [4.69, 9.17) is 10.2 Å². The maximum atomic E-state index is 5.56. The minimum atomic E-state index is 0.555. The van der Waals surface area contributed by atoms with Crippen LogP contribution in [0.15, 0.2) is 34.8 Å². The Morgan fingerprint density at radius 3 is 2.50 bits per heavy atom. The highest BCUT2D eigenvalue weighted by Crippen LogP contribution is 2.22. The second-order valence-corrected chi connectivity index (χ2v) is 4.02. The lowest BCUT2D eigenvalue weighted by Crippen LogP contribution is -1.95. The summed E-state index contributed by atoms with van der Waals surface area (Å²) in [6, 6.07) is 8.09. The molecule has 0 spiro atoms. The fourth-order valence-corrected chi connectivity index (χ4v) is 1.85. The van der Waals surface area contributed by atoms with E-state index in [0.29, 0.717) is 18.3 Å². The Labute approximate surface area is 107 Å². The van der Waals surface area contributed by atoms with E-state index < -0.39 is 0 Å². The second kappa shape index (κ2) is 5.60. The predicted molar refractivity (Wildman–Crippen MR) is 71.8 cm³/mol. The molecule has 0 bridgehead atoms. The van der Waals surface area contributed by atoms with Crippen molar-refractivity contribution in [3.8, 4) is 11.5 Å². The summed E-state index contributed by atoms with van der Waals surface area (Å²) in [5.41, 5.74) is 8.93. The lowest BCUT2D eigenvalue weighted by molar-refractivity contribution is 0.533. The zero-order valence-corrected chi connectivity index (χ0v) is 10.7. The number of nitrogens with zero attached hydrogens (tertiary/aromatic N) is 2. The maximum Gasteiger partial charge on any atom is 0.247 e. The Hall–Kier alpha value is -1.94. The summed E-state index contributed by atoms with van der Waals surface area (Å²) in [6.07, 6.45) is 3.02. The lowest BCUT2D eigenvalue weighted by atomic mass is 10.0. The topological polar surface area (TPSA) is 64.9 Å². The van der Waals surface area contributed by atoms with E-state index >= 15 is 0 Å². The van der Waals surface area contributed by atoms with Crippen LogP contribution in [0.1, 0.15) is 24.8 Å². The number of hydrogen-bond acceptors (Lipinski definition) is 4. The second-order valence-electron chi connectivity index (χ2n) is 4.02. The molecule has 4 nitrogen and oxygen atoms in total. The summed E-state index contributed by atoms with van der Waals surface area (Å²) < 4.78 is 5.39. The molecular formula is C14H17N3O. The standard InChI is InChI=1S/C14H17N3O/c1-3-11(8-9-15)12-4-6-13(7-5-12)14-17-16-10(2)18-14/h4-8H,3,9,15H2,1-2H3/b11-8+. The molecule has 0 atom stereocenters. The van der Waals surface area contributed by atoms with Gasteiger partial charge in [0, 0.05) is 19.0 Å². The first kappa shape index (κ1) is 12.5. The highest BCUT2D eigenvalue weighted by molar-refractivity contribution is 5.68. The Kier molecular flexibility index (Phi) is 3.89. The number of nitrogens with two attached hydrogens (primary N) is 1. The highest BCUT2D eigenvalue weighted by Gasteiger charge is 2.06. The van der Waals surface area contributed by atoms with E-state index in [1.54, 1.807) is 6.92 Å². The molecule has 94 valence electrons. The molecule has 1 aromatic carbocycles. The molecule has 0 unspecified atom stereocenters. The molecule has 0 radical (unpaired) electrons. The van der Waals surface area contributed by atoms with Crippen LogP contribution in [0.2, 0.25) is 0 Å². The fourth-order valence-electron chi connectivity index (χ4n) is 1.85. The zero-order chi connectivity index (χ0) is 13.0. The van der Waals surface area contributed by atoms with Crippen molar-refractivity contribution in [2.45, 2.75) is 20.3 Å². The smallest absolute Gasteiger partial charge is 0.247 e. The molecule has 1 aromatic heterocycles. The van der Waals surface area contributed by atoms with Crippen LogP contribution < -0.4 is 5.73 Å². The maximum absolute atomic E-state index is 5.56. The lowest BCUT2D eigenvalue weighted by Gasteiger charge is -2.05. The number of aromatic nitrogens is 2. The van der Waals surface area contributed by atoms with Gasteiger partial charge in [-0.05, 0) is 29.7 Å². The van der Waals surface area contributed by atoms with Crippen molar-refractivity contribution in [2.24, 2.45) is 5.73 Å². The number of aryl methyl sites for hydroxylation is 1. The largest absolute Gasteiger partial charge is 0.421 e. The van der Waals surface area contributed by atoms with Crippen LogP contribution >= 0.6 is 0 Å². The average Bonchev–Trinajstić information content (AvgIpc) is 2.83. The third kappa shape index (κ3) is 2.65. The molecule has 4 heteroatoms. The minimum absolute atomic E-state index is 0.555. The van der Waals surface area contributed by atoms with Crippen molar-refractivity contribution < 1.29 is 4.42 Å². The van der Waals surface area contributed by atoms with E-state index in [9.17, 15) is 0 Å². The Bertz CT molecular complexity index is 540. The first-order valence-electron chi connectivity index (χ1n) is 6.04. The Balaban J connectivity index is 2.27. The van der Waals surface area contributed by atoms with Crippen LogP contribution in [0.4, 0.5) is 0 Å². The van der Waals surface area contributed by atoms with Crippen LogP contribution in [0.3, 0.4) is 0 Å². The van der Waals surface area contributed by atoms with Gasteiger partial charge in [0.2, 0.25) is 11.8 Å². The van der Waals surface area contributed by atoms with Crippen LogP contribution in [0.5, 0.6) is 0 Å². The SMILES string of the molecule is CC/C(=C\CN)c1ccc(-c2nnc(C)o2)cc1. The van der Waals surface area contributed by atoms with Crippen LogP contribution in [-0.4, -0.2) is 16.7 Å². The molecule has 0 amide bonds. The van der Waals surface area contributed by atoms with Gasteiger partial charge in [0.15, 0.2) is 0 Å². The van der Waals surface area contributed by atoms with E-state index in [1.807, 2.05) is 18.2 Å².